The van der Waals surface area contributed by atoms with Gasteiger partial charge in [0.05, 0.1) is 21.2 Å². The van der Waals surface area contributed by atoms with Crippen LogP contribution in [0.4, 0.5) is 4.48 Å². The first-order valence-electron chi connectivity index (χ1n) is 9.93. The van der Waals surface area contributed by atoms with E-state index in [2.05, 4.69) is 30.2 Å². The van der Waals surface area contributed by atoms with E-state index in [1.807, 2.05) is 19.2 Å². The molecular formula is C21H32FN3OS. The standard InChI is InChI=1S/C21H32FN3OS/c1-5-8-10-17(26-7-3)14-23-15-19(25(4)22)20-13-18-21(27-20)16(9-6-2)11-12-24-18/h11-13,15,17,23H,5-10,14H2,1-4H3/b19-15-. The van der Waals surface area contributed by atoms with Crippen molar-refractivity contribution < 1.29 is 9.22 Å². The Morgan fingerprint density at radius 1 is 1.37 bits per heavy atom. The van der Waals surface area contributed by atoms with Gasteiger partial charge < -0.3 is 10.1 Å². The predicted molar refractivity (Wildman–Crippen MR) is 113 cm³/mol. The van der Waals surface area contributed by atoms with Gasteiger partial charge in [-0.1, -0.05) is 33.1 Å². The van der Waals surface area contributed by atoms with E-state index < -0.39 is 0 Å². The zero-order chi connectivity index (χ0) is 19.6. The number of thiophene rings is 1. The highest BCUT2D eigenvalue weighted by molar-refractivity contribution is 7.20. The van der Waals surface area contributed by atoms with Crippen LogP contribution in [-0.4, -0.2) is 36.4 Å². The number of pyridine rings is 1. The van der Waals surface area contributed by atoms with Gasteiger partial charge >= 0.3 is 0 Å². The van der Waals surface area contributed by atoms with Crippen LogP contribution in [-0.2, 0) is 11.2 Å². The molecule has 0 spiro atoms. The summed E-state index contributed by atoms with van der Waals surface area (Å²) in [5, 5.41) is 3.93. The van der Waals surface area contributed by atoms with Crippen molar-refractivity contribution in [2.45, 2.75) is 59.0 Å². The van der Waals surface area contributed by atoms with E-state index in [0.717, 1.165) is 47.2 Å². The van der Waals surface area contributed by atoms with Gasteiger partial charge in [-0.3, -0.25) is 4.98 Å². The first kappa shape index (κ1) is 21.6. The van der Waals surface area contributed by atoms with Gasteiger partial charge in [0.2, 0.25) is 0 Å². The lowest BCUT2D eigenvalue weighted by Gasteiger charge is -2.18. The molecule has 1 unspecified atom stereocenters. The van der Waals surface area contributed by atoms with Gasteiger partial charge in [-0.05, 0) is 37.5 Å². The fourth-order valence-corrected chi connectivity index (χ4v) is 4.29. The van der Waals surface area contributed by atoms with Crippen molar-refractivity contribution in [1.29, 1.82) is 0 Å². The SMILES string of the molecule is CCCCC(CN/C=C(/c1cc2nccc(CCC)c2s1)N(C)F)OCC. The molecule has 0 radical (unpaired) electrons. The molecule has 0 fully saturated rings. The molecule has 27 heavy (non-hydrogen) atoms. The average molecular weight is 394 g/mol. The van der Waals surface area contributed by atoms with Gasteiger partial charge in [0.1, 0.15) is 5.70 Å². The molecule has 1 N–H and O–H groups in total. The van der Waals surface area contributed by atoms with Crippen molar-refractivity contribution in [2.75, 3.05) is 20.2 Å². The van der Waals surface area contributed by atoms with Crippen LogP contribution in [0.3, 0.4) is 0 Å². The molecule has 0 aliphatic rings. The monoisotopic (exact) mass is 393 g/mol. The molecule has 4 nitrogen and oxygen atoms in total. The van der Waals surface area contributed by atoms with Crippen LogP contribution >= 0.6 is 11.3 Å². The first-order valence-corrected chi connectivity index (χ1v) is 10.7. The quantitative estimate of drug-likeness (QED) is 0.480. The summed E-state index contributed by atoms with van der Waals surface area (Å²) in [5.41, 5.74) is 2.73. The van der Waals surface area contributed by atoms with Crippen LogP contribution in [0.1, 0.15) is 56.9 Å². The molecule has 0 bridgehead atoms. The van der Waals surface area contributed by atoms with Crippen molar-refractivity contribution in [3.8, 4) is 0 Å². The number of rotatable bonds is 12. The molecule has 2 aromatic rings. The van der Waals surface area contributed by atoms with Gasteiger partial charge in [-0.15, -0.1) is 15.8 Å². The van der Waals surface area contributed by atoms with Crippen molar-refractivity contribution in [3.05, 3.63) is 35.0 Å². The van der Waals surface area contributed by atoms with E-state index in [0.29, 0.717) is 24.0 Å². The number of aryl methyl sites for hydroxylation is 1. The summed E-state index contributed by atoms with van der Waals surface area (Å²) in [6.07, 6.45) is 9.12. The molecule has 2 rings (SSSR count). The number of halogens is 1. The highest BCUT2D eigenvalue weighted by Gasteiger charge is 2.14. The van der Waals surface area contributed by atoms with E-state index in [4.69, 9.17) is 4.74 Å². The second-order valence-electron chi connectivity index (χ2n) is 6.68. The zero-order valence-electron chi connectivity index (χ0n) is 16.9. The first-order chi connectivity index (χ1) is 13.1. The molecule has 0 amide bonds. The maximum absolute atomic E-state index is 14.2. The molecule has 6 heteroatoms. The Balaban J connectivity index is 2.17. The molecule has 2 heterocycles. The minimum atomic E-state index is 0.151. The number of hydrogen-bond donors (Lipinski definition) is 1. The number of fused-ring (bicyclic) bond motifs is 1. The van der Waals surface area contributed by atoms with Gasteiger partial charge in [0, 0.05) is 32.6 Å². The smallest absolute Gasteiger partial charge is 0.101 e. The highest BCUT2D eigenvalue weighted by atomic mass is 32.1. The van der Waals surface area contributed by atoms with Crippen molar-refractivity contribution >= 4 is 27.3 Å². The normalized spacial score (nSPS) is 13.1. The summed E-state index contributed by atoms with van der Waals surface area (Å²) in [4.78, 5) is 5.33. The Morgan fingerprint density at radius 3 is 2.85 bits per heavy atom. The number of nitrogens with zero attached hydrogens (tertiary/aromatic N) is 2. The lowest BCUT2D eigenvalue weighted by molar-refractivity contribution is 0.0573. The third kappa shape index (κ3) is 6.18. The molecule has 150 valence electrons. The van der Waals surface area contributed by atoms with Gasteiger partial charge in [0.15, 0.2) is 0 Å². The van der Waals surface area contributed by atoms with Crippen molar-refractivity contribution in [2.24, 2.45) is 0 Å². The zero-order valence-corrected chi connectivity index (χ0v) is 17.7. The Labute approximate surface area is 166 Å². The molecule has 2 aromatic heterocycles. The Bertz CT molecular complexity index is 729. The average Bonchev–Trinajstić information content (AvgIpc) is 3.07. The number of unbranched alkanes of at least 4 members (excludes halogenated alkanes) is 1. The molecule has 0 saturated heterocycles. The maximum atomic E-state index is 14.2. The number of hydrogen-bond acceptors (Lipinski definition) is 5. The minimum Gasteiger partial charge on any atom is -0.387 e. The molecular weight excluding hydrogens is 361 g/mol. The molecule has 0 saturated carbocycles. The number of aromatic nitrogens is 1. The number of nitrogens with one attached hydrogen (secondary N) is 1. The summed E-state index contributed by atoms with van der Waals surface area (Å²) in [6.45, 7) is 7.72. The van der Waals surface area contributed by atoms with Crippen LogP contribution in [0.15, 0.2) is 24.5 Å². The van der Waals surface area contributed by atoms with E-state index in [-0.39, 0.29) is 6.10 Å². The maximum Gasteiger partial charge on any atom is 0.101 e. The van der Waals surface area contributed by atoms with E-state index in [1.165, 1.54) is 12.6 Å². The third-order valence-electron chi connectivity index (χ3n) is 4.46. The molecule has 0 aliphatic heterocycles. The van der Waals surface area contributed by atoms with Gasteiger partial charge in [-0.2, -0.15) is 0 Å². The Morgan fingerprint density at radius 2 is 2.19 bits per heavy atom. The fourth-order valence-electron chi connectivity index (χ4n) is 3.09. The molecule has 0 aromatic carbocycles. The summed E-state index contributed by atoms with van der Waals surface area (Å²) < 4.78 is 21.1. The van der Waals surface area contributed by atoms with Gasteiger partial charge in [0.25, 0.3) is 0 Å². The summed E-state index contributed by atoms with van der Waals surface area (Å²) in [6, 6.07) is 4.03. The van der Waals surface area contributed by atoms with Crippen LogP contribution in [0, 0.1) is 0 Å². The Kier molecular flexibility index (Phi) is 9.01. The predicted octanol–water partition coefficient (Wildman–Crippen LogP) is 5.55. The minimum absolute atomic E-state index is 0.151. The molecule has 0 aliphatic carbocycles. The summed E-state index contributed by atoms with van der Waals surface area (Å²) >= 11 is 1.60. The largest absolute Gasteiger partial charge is 0.387 e. The second-order valence-corrected chi connectivity index (χ2v) is 7.73. The van der Waals surface area contributed by atoms with E-state index in [1.54, 1.807) is 17.5 Å². The van der Waals surface area contributed by atoms with Crippen molar-refractivity contribution in [3.63, 3.8) is 0 Å². The van der Waals surface area contributed by atoms with Crippen LogP contribution in [0.2, 0.25) is 0 Å². The van der Waals surface area contributed by atoms with E-state index >= 15 is 0 Å². The van der Waals surface area contributed by atoms with Gasteiger partial charge in [-0.25, -0.2) is 5.12 Å². The summed E-state index contributed by atoms with van der Waals surface area (Å²) in [7, 11) is 1.43. The van der Waals surface area contributed by atoms with Crippen molar-refractivity contribution in [1.82, 2.24) is 15.4 Å². The summed E-state index contributed by atoms with van der Waals surface area (Å²) in [5.74, 6) is 0. The van der Waals surface area contributed by atoms with Crippen LogP contribution in [0.5, 0.6) is 0 Å². The lowest BCUT2D eigenvalue weighted by Crippen LogP contribution is -2.27. The van der Waals surface area contributed by atoms with Crippen LogP contribution in [0.25, 0.3) is 15.9 Å². The Hall–Kier alpha value is -1.66. The van der Waals surface area contributed by atoms with Crippen LogP contribution < -0.4 is 5.32 Å². The van der Waals surface area contributed by atoms with E-state index in [9.17, 15) is 4.48 Å². The lowest BCUT2D eigenvalue weighted by atomic mass is 10.1. The molecule has 1 atom stereocenters. The number of ether oxygens (including phenoxy) is 1. The topological polar surface area (TPSA) is 37.4 Å². The second kappa shape index (κ2) is 11.2. The highest BCUT2D eigenvalue weighted by Crippen LogP contribution is 2.33. The third-order valence-corrected chi connectivity index (χ3v) is 5.69. The fraction of sp³-hybridized carbons (Fsp3) is 0.571.